The lowest BCUT2D eigenvalue weighted by molar-refractivity contribution is 0.208. The predicted octanol–water partition coefficient (Wildman–Crippen LogP) is 5.43. The summed E-state index contributed by atoms with van der Waals surface area (Å²) in [5, 5.41) is 4.51. The van der Waals surface area contributed by atoms with Crippen molar-refractivity contribution in [2.24, 2.45) is 0 Å². The van der Waals surface area contributed by atoms with Gasteiger partial charge in [0.2, 0.25) is 0 Å². The summed E-state index contributed by atoms with van der Waals surface area (Å²) < 4.78 is 6.23. The van der Waals surface area contributed by atoms with Crippen LogP contribution in [-0.2, 0) is 0 Å². The Hall–Kier alpha value is -1.80. The minimum Gasteiger partial charge on any atom is -0.484 e. The van der Waals surface area contributed by atoms with Crippen LogP contribution in [0.2, 0.25) is 0 Å². The molecule has 0 saturated heterocycles. The summed E-state index contributed by atoms with van der Waals surface area (Å²) in [7, 11) is 0. The maximum Gasteiger partial charge on any atom is 0.133 e. The van der Waals surface area contributed by atoms with Crippen LogP contribution in [0.4, 0.5) is 0 Å². The van der Waals surface area contributed by atoms with Gasteiger partial charge in [0, 0.05) is 10.3 Å². The molecule has 0 amide bonds. The Labute approximate surface area is 117 Å². The summed E-state index contributed by atoms with van der Waals surface area (Å²) in [5.74, 6) is 0.971. The fraction of sp³-hybridized carbons (Fsp3) is 0.176. The summed E-state index contributed by atoms with van der Waals surface area (Å²) >= 11 is 1.76. The fourth-order valence-corrected chi connectivity index (χ4v) is 3.11. The van der Waals surface area contributed by atoms with Crippen molar-refractivity contribution in [3.05, 3.63) is 64.9 Å². The van der Waals surface area contributed by atoms with E-state index in [2.05, 4.69) is 66.9 Å². The van der Waals surface area contributed by atoms with Crippen LogP contribution in [0.15, 0.2) is 60.0 Å². The molecule has 0 N–H and O–H groups in total. The zero-order valence-corrected chi connectivity index (χ0v) is 11.7. The van der Waals surface area contributed by atoms with Crippen molar-refractivity contribution in [1.29, 1.82) is 0 Å². The Morgan fingerprint density at radius 1 is 1.00 bits per heavy atom. The summed E-state index contributed by atoms with van der Waals surface area (Å²) in [5.41, 5.74) is 0. The van der Waals surface area contributed by atoms with Crippen LogP contribution in [0.1, 0.15) is 24.3 Å². The summed E-state index contributed by atoms with van der Waals surface area (Å²) in [6.07, 6.45) is 1.12. The lowest BCUT2D eigenvalue weighted by Crippen LogP contribution is -2.04. The highest BCUT2D eigenvalue weighted by molar-refractivity contribution is 7.10. The van der Waals surface area contributed by atoms with Gasteiger partial charge in [-0.1, -0.05) is 49.4 Å². The van der Waals surface area contributed by atoms with Gasteiger partial charge in [-0.25, -0.2) is 0 Å². The van der Waals surface area contributed by atoms with Crippen LogP contribution in [0.25, 0.3) is 10.8 Å². The minimum absolute atomic E-state index is 0.144. The molecule has 0 aliphatic carbocycles. The first kappa shape index (κ1) is 12.2. The number of hydrogen-bond acceptors (Lipinski definition) is 2. The molecule has 2 heteroatoms. The van der Waals surface area contributed by atoms with Crippen LogP contribution in [0.3, 0.4) is 0 Å². The maximum atomic E-state index is 6.23. The van der Waals surface area contributed by atoms with E-state index in [1.54, 1.807) is 11.3 Å². The molecule has 0 bridgehead atoms. The highest BCUT2D eigenvalue weighted by Crippen LogP contribution is 2.32. The zero-order valence-electron chi connectivity index (χ0n) is 10.9. The number of ether oxygens (including phenoxy) is 1. The molecule has 3 aromatic rings. The van der Waals surface area contributed by atoms with Crippen molar-refractivity contribution in [2.45, 2.75) is 19.4 Å². The Morgan fingerprint density at radius 3 is 2.63 bits per heavy atom. The van der Waals surface area contributed by atoms with E-state index in [0.717, 1.165) is 12.2 Å². The molecule has 1 aromatic heterocycles. The van der Waals surface area contributed by atoms with E-state index >= 15 is 0 Å². The van der Waals surface area contributed by atoms with E-state index in [0.29, 0.717) is 0 Å². The smallest absolute Gasteiger partial charge is 0.133 e. The molecule has 19 heavy (non-hydrogen) atoms. The summed E-state index contributed by atoms with van der Waals surface area (Å²) in [6, 6.07) is 18.8. The highest BCUT2D eigenvalue weighted by Gasteiger charge is 2.13. The average Bonchev–Trinajstić information content (AvgIpc) is 2.99. The monoisotopic (exact) mass is 268 g/mol. The second-order valence-electron chi connectivity index (χ2n) is 4.51. The molecule has 1 atom stereocenters. The van der Waals surface area contributed by atoms with Gasteiger partial charge in [-0.3, -0.25) is 0 Å². The van der Waals surface area contributed by atoms with Crippen LogP contribution in [0.5, 0.6) is 5.75 Å². The van der Waals surface area contributed by atoms with Gasteiger partial charge in [0.1, 0.15) is 11.9 Å². The molecule has 3 rings (SSSR count). The van der Waals surface area contributed by atoms with Crippen molar-refractivity contribution in [3.63, 3.8) is 0 Å². The van der Waals surface area contributed by atoms with E-state index in [1.165, 1.54) is 15.6 Å². The normalized spacial score (nSPS) is 12.5. The molecule has 0 aliphatic heterocycles. The zero-order chi connectivity index (χ0) is 13.1. The van der Waals surface area contributed by atoms with Crippen molar-refractivity contribution in [3.8, 4) is 5.75 Å². The van der Waals surface area contributed by atoms with E-state index in [4.69, 9.17) is 4.74 Å². The first-order chi connectivity index (χ1) is 9.38. The molecule has 0 spiro atoms. The van der Waals surface area contributed by atoms with Gasteiger partial charge in [0.05, 0.1) is 0 Å². The molecule has 0 unspecified atom stereocenters. The molecular formula is C17H16OS. The Kier molecular flexibility index (Phi) is 3.51. The van der Waals surface area contributed by atoms with Crippen molar-refractivity contribution >= 4 is 22.1 Å². The lowest BCUT2D eigenvalue weighted by Gasteiger charge is -2.17. The van der Waals surface area contributed by atoms with Crippen molar-refractivity contribution < 1.29 is 4.74 Å². The Bertz CT molecular complexity index is 653. The topological polar surface area (TPSA) is 9.23 Å². The number of thiophene rings is 1. The molecular weight excluding hydrogens is 252 g/mol. The predicted molar refractivity (Wildman–Crippen MR) is 81.9 cm³/mol. The van der Waals surface area contributed by atoms with Gasteiger partial charge >= 0.3 is 0 Å². The van der Waals surface area contributed by atoms with Crippen molar-refractivity contribution in [2.75, 3.05) is 0 Å². The third-order valence-electron chi connectivity index (χ3n) is 3.25. The average molecular weight is 268 g/mol. The van der Waals surface area contributed by atoms with Gasteiger partial charge in [-0.15, -0.1) is 11.3 Å². The Morgan fingerprint density at radius 2 is 1.84 bits per heavy atom. The molecule has 0 saturated carbocycles. The number of fused-ring (bicyclic) bond motifs is 1. The second kappa shape index (κ2) is 5.45. The lowest BCUT2D eigenvalue weighted by atomic mass is 10.1. The second-order valence-corrected chi connectivity index (χ2v) is 5.49. The van der Waals surface area contributed by atoms with Gasteiger partial charge in [-0.05, 0) is 29.3 Å². The number of hydrogen-bond donors (Lipinski definition) is 0. The van der Waals surface area contributed by atoms with Gasteiger partial charge in [-0.2, -0.15) is 0 Å². The summed E-state index contributed by atoms with van der Waals surface area (Å²) in [6.45, 7) is 2.16. The quantitative estimate of drug-likeness (QED) is 0.613. The minimum atomic E-state index is 0.144. The van der Waals surface area contributed by atoms with Crippen LogP contribution in [0, 0.1) is 0 Å². The van der Waals surface area contributed by atoms with Crippen LogP contribution >= 0.6 is 11.3 Å². The molecule has 1 nitrogen and oxygen atoms in total. The molecule has 0 radical (unpaired) electrons. The van der Waals surface area contributed by atoms with E-state index in [9.17, 15) is 0 Å². The Balaban J connectivity index is 1.96. The molecule has 2 aromatic carbocycles. The standard InChI is InChI=1S/C17H16OS/c1-2-15(17-11-6-12-19-17)18-16-10-5-8-13-7-3-4-9-14(13)16/h3-12,15H,2H2,1H3/t15-/m0/s1. The SMILES string of the molecule is CC[C@H](Oc1cccc2ccccc12)c1cccs1. The summed E-state index contributed by atoms with van der Waals surface area (Å²) in [4.78, 5) is 1.29. The molecule has 96 valence electrons. The van der Waals surface area contributed by atoms with Gasteiger partial charge < -0.3 is 4.74 Å². The van der Waals surface area contributed by atoms with Gasteiger partial charge in [0.25, 0.3) is 0 Å². The molecule has 0 fully saturated rings. The van der Waals surface area contributed by atoms with Crippen LogP contribution in [-0.4, -0.2) is 0 Å². The third-order valence-corrected chi connectivity index (χ3v) is 4.21. The number of benzene rings is 2. The fourth-order valence-electron chi connectivity index (χ4n) is 2.27. The van der Waals surface area contributed by atoms with E-state index in [1.807, 2.05) is 0 Å². The van der Waals surface area contributed by atoms with Gasteiger partial charge in [0.15, 0.2) is 0 Å². The molecule has 1 heterocycles. The molecule has 0 aliphatic rings. The maximum absolute atomic E-state index is 6.23. The first-order valence-corrected chi connectivity index (χ1v) is 7.44. The number of rotatable bonds is 4. The first-order valence-electron chi connectivity index (χ1n) is 6.56. The van der Waals surface area contributed by atoms with E-state index in [-0.39, 0.29) is 6.10 Å². The van der Waals surface area contributed by atoms with Crippen LogP contribution < -0.4 is 4.74 Å². The highest BCUT2D eigenvalue weighted by atomic mass is 32.1. The van der Waals surface area contributed by atoms with E-state index < -0.39 is 0 Å². The third kappa shape index (κ3) is 2.49. The van der Waals surface area contributed by atoms with Crippen molar-refractivity contribution in [1.82, 2.24) is 0 Å². The largest absolute Gasteiger partial charge is 0.484 e.